The van der Waals surface area contributed by atoms with Crippen molar-refractivity contribution in [3.05, 3.63) is 53.1 Å². The molecule has 0 aliphatic rings. The summed E-state index contributed by atoms with van der Waals surface area (Å²) in [5.41, 5.74) is 1.01. The lowest BCUT2D eigenvalue weighted by atomic mass is 10.2. The van der Waals surface area contributed by atoms with Crippen molar-refractivity contribution < 1.29 is 18.9 Å². The van der Waals surface area contributed by atoms with Crippen molar-refractivity contribution in [3.63, 3.8) is 0 Å². The van der Waals surface area contributed by atoms with Crippen molar-refractivity contribution in [2.24, 2.45) is 0 Å². The molecule has 0 atom stereocenters. The third-order valence-corrected chi connectivity index (χ3v) is 3.49. The predicted octanol–water partition coefficient (Wildman–Crippen LogP) is 4.52. The first-order valence-corrected chi connectivity index (χ1v) is 8.40. The zero-order chi connectivity index (χ0) is 17.2. The van der Waals surface area contributed by atoms with Crippen LogP contribution in [0.3, 0.4) is 0 Å². The molecule has 0 unspecified atom stereocenters. The number of benzene rings is 2. The molecule has 130 valence electrons. The zero-order valence-corrected chi connectivity index (χ0v) is 14.8. The first kappa shape index (κ1) is 18.4. The summed E-state index contributed by atoms with van der Waals surface area (Å²) in [5, 5.41) is 0.709. The number of halogens is 1. The van der Waals surface area contributed by atoms with E-state index in [4.69, 9.17) is 30.5 Å². The molecule has 0 saturated carbocycles. The van der Waals surface area contributed by atoms with E-state index in [0.717, 1.165) is 22.8 Å². The van der Waals surface area contributed by atoms with Crippen molar-refractivity contribution in [1.29, 1.82) is 0 Å². The van der Waals surface area contributed by atoms with Crippen LogP contribution in [0.4, 0.5) is 0 Å². The molecule has 0 aromatic heterocycles. The Morgan fingerprint density at radius 2 is 1.42 bits per heavy atom. The average Bonchev–Trinajstić information content (AvgIpc) is 2.57. The Labute approximate surface area is 148 Å². The van der Waals surface area contributed by atoms with Crippen molar-refractivity contribution >= 4 is 11.6 Å². The van der Waals surface area contributed by atoms with Crippen molar-refractivity contribution in [1.82, 2.24) is 0 Å². The summed E-state index contributed by atoms with van der Waals surface area (Å²) in [6.07, 6.45) is 0. The molecule has 0 saturated heterocycles. The fourth-order valence-corrected chi connectivity index (χ4v) is 2.37. The van der Waals surface area contributed by atoms with Gasteiger partial charge in [0.25, 0.3) is 0 Å². The van der Waals surface area contributed by atoms with Crippen LogP contribution in [-0.4, -0.2) is 33.0 Å². The zero-order valence-electron chi connectivity index (χ0n) is 14.1. The second kappa shape index (κ2) is 10.1. The first-order chi connectivity index (χ1) is 11.7. The molecule has 2 aromatic rings. The molecule has 2 aromatic carbocycles. The molecule has 0 aliphatic carbocycles. The monoisotopic (exact) mass is 350 g/mol. The lowest BCUT2D eigenvalue weighted by molar-refractivity contribution is 0.0754. The molecule has 0 bridgehead atoms. The van der Waals surface area contributed by atoms with E-state index in [9.17, 15) is 0 Å². The minimum atomic E-state index is 0.462. The quantitative estimate of drug-likeness (QED) is 0.590. The van der Waals surface area contributed by atoms with Gasteiger partial charge in [0, 0.05) is 5.02 Å². The predicted molar refractivity (Wildman–Crippen MR) is 95.6 cm³/mol. The van der Waals surface area contributed by atoms with Crippen LogP contribution in [0.2, 0.25) is 5.02 Å². The minimum Gasteiger partial charge on any atom is -0.491 e. The Morgan fingerprint density at radius 1 is 0.792 bits per heavy atom. The van der Waals surface area contributed by atoms with Gasteiger partial charge in [-0.3, -0.25) is 0 Å². The molecule has 0 aliphatic heterocycles. The van der Waals surface area contributed by atoms with Crippen LogP contribution in [-0.2, 0) is 4.74 Å². The largest absolute Gasteiger partial charge is 0.491 e. The SMILES string of the molecule is CCOc1ccccc1OCCOCCOc1ccc(Cl)cc1C. The van der Waals surface area contributed by atoms with Gasteiger partial charge in [-0.15, -0.1) is 0 Å². The molecular formula is C19H23ClO4. The summed E-state index contributed by atoms with van der Waals surface area (Å²) in [6.45, 7) is 6.45. The maximum atomic E-state index is 5.91. The van der Waals surface area contributed by atoms with Gasteiger partial charge in [0.1, 0.15) is 19.0 Å². The van der Waals surface area contributed by atoms with Crippen molar-refractivity contribution in [2.75, 3.05) is 33.0 Å². The van der Waals surface area contributed by atoms with E-state index in [0.29, 0.717) is 38.1 Å². The van der Waals surface area contributed by atoms with Crippen LogP contribution in [0, 0.1) is 6.92 Å². The van der Waals surface area contributed by atoms with E-state index in [1.54, 1.807) is 0 Å². The lowest BCUT2D eigenvalue weighted by Gasteiger charge is -2.12. The average molecular weight is 351 g/mol. The lowest BCUT2D eigenvalue weighted by Crippen LogP contribution is -2.12. The van der Waals surface area contributed by atoms with Gasteiger partial charge in [-0.1, -0.05) is 23.7 Å². The first-order valence-electron chi connectivity index (χ1n) is 8.02. The molecule has 4 nitrogen and oxygen atoms in total. The fraction of sp³-hybridized carbons (Fsp3) is 0.368. The topological polar surface area (TPSA) is 36.9 Å². The van der Waals surface area contributed by atoms with E-state index < -0.39 is 0 Å². The van der Waals surface area contributed by atoms with E-state index >= 15 is 0 Å². The third-order valence-electron chi connectivity index (χ3n) is 3.26. The minimum absolute atomic E-state index is 0.462. The molecule has 0 fully saturated rings. The molecular weight excluding hydrogens is 328 g/mol. The Kier molecular flexibility index (Phi) is 7.72. The summed E-state index contributed by atoms with van der Waals surface area (Å²) >= 11 is 5.91. The van der Waals surface area contributed by atoms with Gasteiger partial charge >= 0.3 is 0 Å². The van der Waals surface area contributed by atoms with Crippen LogP contribution in [0.25, 0.3) is 0 Å². The van der Waals surface area contributed by atoms with Gasteiger partial charge in [-0.05, 0) is 49.7 Å². The highest BCUT2D eigenvalue weighted by molar-refractivity contribution is 6.30. The van der Waals surface area contributed by atoms with Gasteiger partial charge in [-0.25, -0.2) is 0 Å². The Balaban J connectivity index is 1.62. The number of hydrogen-bond donors (Lipinski definition) is 0. The van der Waals surface area contributed by atoms with Gasteiger partial charge in [0.05, 0.1) is 19.8 Å². The summed E-state index contributed by atoms with van der Waals surface area (Å²) in [5.74, 6) is 2.31. The highest BCUT2D eigenvalue weighted by atomic mass is 35.5. The van der Waals surface area contributed by atoms with Crippen LogP contribution in [0.15, 0.2) is 42.5 Å². The highest BCUT2D eigenvalue weighted by Crippen LogP contribution is 2.26. The van der Waals surface area contributed by atoms with Gasteiger partial charge in [-0.2, -0.15) is 0 Å². The number of rotatable bonds is 10. The van der Waals surface area contributed by atoms with Crippen LogP contribution >= 0.6 is 11.6 Å². The Morgan fingerprint density at radius 3 is 2.04 bits per heavy atom. The molecule has 24 heavy (non-hydrogen) atoms. The van der Waals surface area contributed by atoms with Gasteiger partial charge in [0.2, 0.25) is 0 Å². The normalized spacial score (nSPS) is 10.5. The summed E-state index contributed by atoms with van der Waals surface area (Å²) in [4.78, 5) is 0. The molecule has 0 N–H and O–H groups in total. The second-order valence-corrected chi connectivity index (χ2v) is 5.54. The number of aryl methyl sites for hydroxylation is 1. The van der Waals surface area contributed by atoms with E-state index in [1.165, 1.54) is 0 Å². The van der Waals surface area contributed by atoms with E-state index in [2.05, 4.69) is 0 Å². The highest BCUT2D eigenvalue weighted by Gasteiger charge is 2.03. The van der Waals surface area contributed by atoms with E-state index in [1.807, 2.05) is 56.3 Å². The number of hydrogen-bond acceptors (Lipinski definition) is 4. The maximum Gasteiger partial charge on any atom is 0.161 e. The maximum absolute atomic E-state index is 5.91. The number of para-hydroxylation sites is 2. The van der Waals surface area contributed by atoms with E-state index in [-0.39, 0.29) is 0 Å². The van der Waals surface area contributed by atoms with Crippen LogP contribution < -0.4 is 14.2 Å². The molecule has 5 heteroatoms. The second-order valence-electron chi connectivity index (χ2n) is 5.10. The fourth-order valence-electron chi connectivity index (χ4n) is 2.14. The molecule has 0 amide bonds. The van der Waals surface area contributed by atoms with Crippen molar-refractivity contribution in [3.8, 4) is 17.2 Å². The summed E-state index contributed by atoms with van der Waals surface area (Å²) in [7, 11) is 0. The summed E-state index contributed by atoms with van der Waals surface area (Å²) < 4.78 is 22.4. The Bertz CT molecular complexity index is 631. The molecule has 2 rings (SSSR count). The van der Waals surface area contributed by atoms with Gasteiger partial charge < -0.3 is 18.9 Å². The van der Waals surface area contributed by atoms with Crippen LogP contribution in [0.1, 0.15) is 12.5 Å². The molecule has 0 spiro atoms. The molecule has 0 radical (unpaired) electrons. The van der Waals surface area contributed by atoms with Crippen molar-refractivity contribution in [2.45, 2.75) is 13.8 Å². The van der Waals surface area contributed by atoms with Crippen LogP contribution in [0.5, 0.6) is 17.2 Å². The third kappa shape index (κ3) is 5.95. The standard InChI is InChI=1S/C19H23ClO4/c1-3-22-18-6-4-5-7-19(18)24-13-11-21-10-12-23-17-9-8-16(20)14-15(17)2/h4-9,14H,3,10-13H2,1-2H3. The Hall–Kier alpha value is -1.91. The smallest absolute Gasteiger partial charge is 0.161 e. The summed E-state index contributed by atoms with van der Waals surface area (Å²) in [6, 6.07) is 13.2. The van der Waals surface area contributed by atoms with Gasteiger partial charge in [0.15, 0.2) is 11.5 Å². The number of ether oxygens (including phenoxy) is 4. The molecule has 0 heterocycles.